The van der Waals surface area contributed by atoms with Gasteiger partial charge < -0.3 is 4.74 Å². The molecule has 0 heterocycles. The Morgan fingerprint density at radius 2 is 1.90 bits per heavy atom. The van der Waals surface area contributed by atoms with E-state index in [4.69, 9.17) is 4.74 Å². The van der Waals surface area contributed by atoms with E-state index in [9.17, 15) is 21.6 Å². The Morgan fingerprint density at radius 1 is 1.29 bits per heavy atom. The summed E-state index contributed by atoms with van der Waals surface area (Å²) in [5.41, 5.74) is 0.376. The van der Waals surface area contributed by atoms with Crippen molar-refractivity contribution in [3.63, 3.8) is 0 Å². The van der Waals surface area contributed by atoms with Crippen molar-refractivity contribution in [2.24, 2.45) is 0 Å². The molecule has 0 saturated heterocycles. The molecule has 0 aliphatic heterocycles. The number of carbonyl (C=O) groups excluding carboxylic acids is 1. The summed E-state index contributed by atoms with van der Waals surface area (Å²) in [6.07, 6.45) is 0.825. The average Bonchev–Trinajstić information content (AvgIpc) is 2.28. The highest BCUT2D eigenvalue weighted by Gasteiger charge is 2.19. The van der Waals surface area contributed by atoms with Crippen molar-refractivity contribution in [3.8, 4) is 0 Å². The van der Waals surface area contributed by atoms with Gasteiger partial charge in [0.05, 0.1) is 17.9 Å². The van der Waals surface area contributed by atoms with Crippen molar-refractivity contribution in [2.45, 2.75) is 6.92 Å². The van der Waals surface area contributed by atoms with Gasteiger partial charge in [0.25, 0.3) is 0 Å². The molecule has 0 aliphatic carbocycles. The van der Waals surface area contributed by atoms with Gasteiger partial charge in [-0.15, -0.1) is 0 Å². The number of ether oxygens (including phenoxy) is 1. The van der Waals surface area contributed by atoms with E-state index in [-0.39, 0.29) is 17.9 Å². The molecule has 0 radical (unpaired) electrons. The van der Waals surface area contributed by atoms with Crippen molar-refractivity contribution in [1.82, 2.24) is 0 Å². The van der Waals surface area contributed by atoms with E-state index in [2.05, 4.69) is 20.7 Å². The van der Waals surface area contributed by atoms with Gasteiger partial charge in [-0.25, -0.2) is 21.6 Å². The lowest BCUT2D eigenvalue weighted by Gasteiger charge is -2.10. The van der Waals surface area contributed by atoms with Gasteiger partial charge in [0.2, 0.25) is 10.0 Å². The van der Waals surface area contributed by atoms with E-state index >= 15 is 0 Å². The summed E-state index contributed by atoms with van der Waals surface area (Å²) in [5, 5.41) is -1.02. The van der Waals surface area contributed by atoms with Crippen LogP contribution in [0, 0.1) is 0 Å². The van der Waals surface area contributed by atoms with Crippen LogP contribution in [0.15, 0.2) is 22.7 Å². The van der Waals surface area contributed by atoms with Crippen LogP contribution in [0.5, 0.6) is 0 Å². The van der Waals surface area contributed by atoms with Crippen molar-refractivity contribution in [3.05, 3.63) is 28.2 Å². The molecule has 1 aromatic carbocycles. The van der Waals surface area contributed by atoms with E-state index in [0.717, 1.165) is 6.26 Å². The molecule has 1 rings (SSSR count). The highest BCUT2D eigenvalue weighted by molar-refractivity contribution is 9.10. The van der Waals surface area contributed by atoms with Crippen LogP contribution in [0.3, 0.4) is 0 Å². The van der Waals surface area contributed by atoms with Crippen LogP contribution in [0.1, 0.15) is 17.3 Å². The second-order valence-corrected chi connectivity index (χ2v) is 9.26. The first-order valence-corrected chi connectivity index (χ1v) is 10.2. The van der Waals surface area contributed by atoms with Gasteiger partial charge in [-0.3, -0.25) is 4.72 Å². The topological polar surface area (TPSA) is 107 Å². The zero-order valence-corrected chi connectivity index (χ0v) is 14.5. The monoisotopic (exact) mass is 399 g/mol. The molecule has 0 aliphatic rings. The first-order chi connectivity index (χ1) is 9.54. The number of benzene rings is 1. The van der Waals surface area contributed by atoms with Gasteiger partial charge in [0, 0.05) is 10.7 Å². The average molecular weight is 400 g/mol. The maximum absolute atomic E-state index is 11.7. The van der Waals surface area contributed by atoms with Crippen LogP contribution in [-0.4, -0.2) is 40.8 Å². The molecule has 21 heavy (non-hydrogen) atoms. The SMILES string of the molecule is CCOC(=O)c1ccc(NS(=O)(=O)CS(C)(=O)=O)c(Br)c1. The summed E-state index contributed by atoms with van der Waals surface area (Å²) in [6.45, 7) is 1.89. The van der Waals surface area contributed by atoms with Crippen LogP contribution in [0.25, 0.3) is 0 Å². The van der Waals surface area contributed by atoms with Crippen LogP contribution in [-0.2, 0) is 24.6 Å². The Hall–Kier alpha value is -1.13. The number of hydrogen-bond donors (Lipinski definition) is 1. The first-order valence-electron chi connectivity index (χ1n) is 5.69. The minimum Gasteiger partial charge on any atom is -0.462 e. The number of halogens is 1. The molecular formula is C11H14BrNO6S2. The third kappa shape index (κ3) is 6.02. The van der Waals surface area contributed by atoms with Crippen LogP contribution < -0.4 is 4.72 Å². The summed E-state index contributed by atoms with van der Waals surface area (Å²) in [4.78, 5) is 11.5. The standard InChI is InChI=1S/C11H14BrNO6S2/c1-3-19-11(14)8-4-5-10(9(12)6-8)13-21(17,18)7-20(2,15)16/h4-6,13H,3,7H2,1-2H3. The highest BCUT2D eigenvalue weighted by atomic mass is 79.9. The molecule has 0 unspecified atom stereocenters. The zero-order valence-electron chi connectivity index (χ0n) is 11.3. The lowest BCUT2D eigenvalue weighted by molar-refractivity contribution is 0.0526. The Bertz CT molecular complexity index is 742. The lowest BCUT2D eigenvalue weighted by atomic mass is 10.2. The summed E-state index contributed by atoms with van der Waals surface area (Å²) in [6, 6.07) is 4.10. The predicted octanol–water partition coefficient (Wildman–Crippen LogP) is 1.37. The lowest BCUT2D eigenvalue weighted by Crippen LogP contribution is -2.22. The van der Waals surface area contributed by atoms with Crippen molar-refractivity contribution in [1.29, 1.82) is 0 Å². The number of sulfonamides is 1. The Morgan fingerprint density at radius 3 is 2.38 bits per heavy atom. The smallest absolute Gasteiger partial charge is 0.338 e. The molecule has 0 amide bonds. The minimum absolute atomic E-state index is 0.131. The molecule has 10 heteroatoms. The van der Waals surface area contributed by atoms with Crippen molar-refractivity contribution in [2.75, 3.05) is 22.7 Å². The van der Waals surface area contributed by atoms with Gasteiger partial charge >= 0.3 is 5.97 Å². The molecule has 0 saturated carbocycles. The summed E-state index contributed by atoms with van der Waals surface area (Å²) in [5.74, 6) is -0.538. The third-order valence-electron chi connectivity index (χ3n) is 2.11. The minimum atomic E-state index is -4.04. The Labute approximate surface area is 131 Å². The molecule has 0 atom stereocenters. The Balaban J connectivity index is 2.99. The van der Waals surface area contributed by atoms with E-state index in [1.165, 1.54) is 18.2 Å². The predicted molar refractivity (Wildman–Crippen MR) is 82.4 cm³/mol. The van der Waals surface area contributed by atoms with E-state index < -0.39 is 30.9 Å². The Kier molecular flexibility index (Phi) is 5.76. The number of carbonyl (C=O) groups is 1. The third-order valence-corrected chi connectivity index (χ3v) is 6.26. The van der Waals surface area contributed by atoms with Crippen molar-refractivity contribution < 1.29 is 26.4 Å². The van der Waals surface area contributed by atoms with Gasteiger partial charge in [-0.2, -0.15) is 0 Å². The molecular weight excluding hydrogens is 386 g/mol. The fraction of sp³-hybridized carbons (Fsp3) is 0.364. The molecule has 0 bridgehead atoms. The molecule has 0 fully saturated rings. The van der Waals surface area contributed by atoms with E-state index in [1.807, 2.05) is 0 Å². The van der Waals surface area contributed by atoms with E-state index in [0.29, 0.717) is 4.47 Å². The van der Waals surface area contributed by atoms with Crippen molar-refractivity contribution >= 4 is 47.4 Å². The quantitative estimate of drug-likeness (QED) is 0.723. The number of nitrogens with one attached hydrogen (secondary N) is 1. The van der Waals surface area contributed by atoms with Gasteiger partial charge in [0.1, 0.15) is 0 Å². The van der Waals surface area contributed by atoms with Gasteiger partial charge in [-0.05, 0) is 41.1 Å². The first kappa shape index (κ1) is 17.9. The number of anilines is 1. The second-order valence-electron chi connectivity index (χ2n) is 4.18. The van der Waals surface area contributed by atoms with Gasteiger partial charge in [0.15, 0.2) is 14.9 Å². The van der Waals surface area contributed by atoms with Crippen LogP contribution in [0.4, 0.5) is 5.69 Å². The van der Waals surface area contributed by atoms with E-state index in [1.54, 1.807) is 6.92 Å². The molecule has 0 aromatic heterocycles. The largest absolute Gasteiger partial charge is 0.462 e. The highest BCUT2D eigenvalue weighted by Crippen LogP contribution is 2.25. The summed E-state index contributed by atoms with van der Waals surface area (Å²) in [7, 11) is -7.73. The van der Waals surface area contributed by atoms with Crippen LogP contribution in [0.2, 0.25) is 0 Å². The molecule has 1 aromatic rings. The van der Waals surface area contributed by atoms with Gasteiger partial charge in [-0.1, -0.05) is 0 Å². The number of hydrogen-bond acceptors (Lipinski definition) is 6. The fourth-order valence-corrected chi connectivity index (χ4v) is 5.03. The normalized spacial score (nSPS) is 12.0. The second kappa shape index (κ2) is 6.75. The summed E-state index contributed by atoms with van der Waals surface area (Å²) < 4.78 is 52.7. The summed E-state index contributed by atoms with van der Waals surface area (Å²) >= 11 is 3.11. The maximum atomic E-state index is 11.7. The molecule has 0 spiro atoms. The molecule has 1 N–H and O–H groups in total. The molecule has 118 valence electrons. The number of sulfone groups is 1. The maximum Gasteiger partial charge on any atom is 0.338 e. The molecule has 7 nitrogen and oxygen atoms in total. The zero-order chi connectivity index (χ0) is 16.3. The number of rotatable bonds is 6. The number of esters is 1. The fourth-order valence-electron chi connectivity index (χ4n) is 1.42. The van der Waals surface area contributed by atoms with Crippen LogP contribution >= 0.6 is 15.9 Å².